The number of rotatable bonds is 3. The molecule has 0 unspecified atom stereocenters. The lowest BCUT2D eigenvalue weighted by Gasteiger charge is -2.46. The van der Waals surface area contributed by atoms with Crippen LogP contribution in [0.5, 0.6) is 5.75 Å². The Balaban J connectivity index is 1.57. The number of ketones is 3. The lowest BCUT2D eigenvalue weighted by molar-refractivity contribution is -0.147. The molecule has 0 heterocycles. The summed E-state index contributed by atoms with van der Waals surface area (Å²) in [6, 6.07) is 10.1. The number of carbonyl (C=O) groups excluding carboxylic acids is 4. The van der Waals surface area contributed by atoms with Crippen molar-refractivity contribution in [3.63, 3.8) is 0 Å². The van der Waals surface area contributed by atoms with Crippen molar-refractivity contribution in [1.82, 2.24) is 0 Å². The zero-order chi connectivity index (χ0) is 28.2. The van der Waals surface area contributed by atoms with Crippen molar-refractivity contribution in [2.24, 2.45) is 17.6 Å². The summed E-state index contributed by atoms with van der Waals surface area (Å²) in [7, 11) is 0. The third-order valence-electron chi connectivity index (χ3n) is 7.70. The van der Waals surface area contributed by atoms with E-state index in [2.05, 4.69) is 11.8 Å². The number of Topliss-reactive ketones (excluding diaryl/α,β-unsaturated/α-hetero) is 3. The largest absolute Gasteiger partial charge is 0.508 e. The molecular weight excluding hydrogens is 502 g/mol. The monoisotopic (exact) mass is 527 g/mol. The maximum atomic E-state index is 13.6. The Morgan fingerprint density at radius 1 is 1.03 bits per heavy atom. The van der Waals surface area contributed by atoms with Gasteiger partial charge in [0.2, 0.25) is 5.78 Å². The van der Waals surface area contributed by atoms with Gasteiger partial charge in [-0.2, -0.15) is 0 Å². The minimum Gasteiger partial charge on any atom is -0.508 e. The summed E-state index contributed by atoms with van der Waals surface area (Å²) in [5, 5.41) is 43.7. The van der Waals surface area contributed by atoms with Gasteiger partial charge >= 0.3 is 0 Å². The van der Waals surface area contributed by atoms with Crippen molar-refractivity contribution in [2.45, 2.75) is 38.2 Å². The van der Waals surface area contributed by atoms with Crippen LogP contribution in [0, 0.1) is 23.7 Å². The first-order chi connectivity index (χ1) is 18.4. The van der Waals surface area contributed by atoms with E-state index in [0.717, 1.165) is 5.56 Å². The summed E-state index contributed by atoms with van der Waals surface area (Å²) in [6.45, 7) is 1.52. The number of carbonyl (C=O) groups is 4. The molecule has 0 aliphatic heterocycles. The van der Waals surface area contributed by atoms with E-state index in [1.807, 2.05) is 12.1 Å². The van der Waals surface area contributed by atoms with Gasteiger partial charge in [0.1, 0.15) is 28.6 Å². The molecule has 39 heavy (non-hydrogen) atoms. The summed E-state index contributed by atoms with van der Waals surface area (Å²) in [6.07, 6.45) is 0.161. The quantitative estimate of drug-likeness (QED) is 0.297. The second-order valence-corrected chi connectivity index (χ2v) is 10.2. The number of fused-ring (bicyclic) bond motifs is 3. The number of phenolic OH excluding ortho intramolecular Hbond substituents is 1. The minimum absolute atomic E-state index is 0.00858. The van der Waals surface area contributed by atoms with Gasteiger partial charge in [-0.25, -0.2) is 0 Å². The number of primary amides is 1. The molecule has 3 aliphatic carbocycles. The summed E-state index contributed by atoms with van der Waals surface area (Å²) in [5.41, 5.74) is 4.13. The van der Waals surface area contributed by atoms with Gasteiger partial charge in [0, 0.05) is 35.5 Å². The van der Waals surface area contributed by atoms with Crippen LogP contribution in [0.25, 0.3) is 5.76 Å². The van der Waals surface area contributed by atoms with Crippen LogP contribution in [0.15, 0.2) is 53.3 Å². The van der Waals surface area contributed by atoms with Crippen LogP contribution in [-0.4, -0.2) is 49.3 Å². The van der Waals surface area contributed by atoms with Crippen molar-refractivity contribution in [3.05, 3.63) is 81.1 Å². The van der Waals surface area contributed by atoms with E-state index in [4.69, 9.17) is 5.73 Å². The first kappa shape index (κ1) is 25.9. The Morgan fingerprint density at radius 2 is 1.72 bits per heavy atom. The molecule has 2 aromatic carbocycles. The lowest BCUT2D eigenvalue weighted by Crippen LogP contribution is -2.58. The van der Waals surface area contributed by atoms with Gasteiger partial charge in [-0.05, 0) is 61.1 Å². The fourth-order valence-corrected chi connectivity index (χ4v) is 5.87. The molecule has 0 spiro atoms. The predicted octanol–water partition coefficient (Wildman–Crippen LogP) is 1.96. The van der Waals surface area contributed by atoms with Gasteiger partial charge in [0.25, 0.3) is 5.91 Å². The third-order valence-corrected chi connectivity index (χ3v) is 7.70. The highest BCUT2D eigenvalue weighted by Crippen LogP contribution is 2.52. The zero-order valence-corrected chi connectivity index (χ0v) is 20.9. The smallest absolute Gasteiger partial charge is 0.255 e. The number of aromatic hydroxyl groups is 1. The Labute approximate surface area is 223 Å². The standard InChI is InChI=1S/C30H25NO8/c1-14(32)10-16-4-2-15(3-5-16)6-7-17-8-9-21(33)24-20(17)12-18-11-19-13-22(34)25(29(31)38)28(37)30(19,39)27(36)23(18)26(24)35/h2-5,8-9,18-19,33,35,37,39H,10-13H2,1H3,(H2,31,38)/t18-,19+,30+/m1/s1. The second kappa shape index (κ2) is 9.26. The SMILES string of the molecule is CC(=O)Cc1ccc(C#Cc2ccc(O)c3c2C[C@H]2C[C@H]4CC(=O)C(C(N)=O)=C(O)[C@@]4(O)C(=O)C2=C3O)cc1. The molecule has 9 nitrogen and oxygen atoms in total. The summed E-state index contributed by atoms with van der Waals surface area (Å²) in [4.78, 5) is 49.1. The van der Waals surface area contributed by atoms with Crippen LogP contribution in [-0.2, 0) is 32.0 Å². The van der Waals surface area contributed by atoms with Gasteiger partial charge in [-0.15, -0.1) is 0 Å². The molecule has 0 aromatic heterocycles. The number of hydrogen-bond donors (Lipinski definition) is 5. The number of phenols is 1. The van der Waals surface area contributed by atoms with E-state index >= 15 is 0 Å². The molecule has 1 fully saturated rings. The van der Waals surface area contributed by atoms with Crippen LogP contribution in [0.4, 0.5) is 0 Å². The molecule has 6 N–H and O–H groups in total. The molecule has 0 radical (unpaired) electrons. The molecular formula is C30H25NO8. The second-order valence-electron chi connectivity index (χ2n) is 10.2. The van der Waals surface area contributed by atoms with E-state index in [1.54, 1.807) is 18.2 Å². The summed E-state index contributed by atoms with van der Waals surface area (Å²) < 4.78 is 0. The van der Waals surface area contributed by atoms with E-state index in [9.17, 15) is 39.6 Å². The fraction of sp³-hybridized carbons (Fsp3) is 0.267. The molecule has 0 bridgehead atoms. The zero-order valence-electron chi connectivity index (χ0n) is 20.9. The van der Waals surface area contributed by atoms with Crippen molar-refractivity contribution in [3.8, 4) is 17.6 Å². The molecule has 0 saturated heterocycles. The van der Waals surface area contributed by atoms with Crippen LogP contribution >= 0.6 is 0 Å². The first-order valence-corrected chi connectivity index (χ1v) is 12.4. The van der Waals surface area contributed by atoms with Crippen molar-refractivity contribution < 1.29 is 39.6 Å². The molecule has 3 atom stereocenters. The van der Waals surface area contributed by atoms with Gasteiger partial charge in [-0.1, -0.05) is 24.0 Å². The van der Waals surface area contributed by atoms with Gasteiger partial charge in [-0.3, -0.25) is 19.2 Å². The highest BCUT2D eigenvalue weighted by atomic mass is 16.3. The van der Waals surface area contributed by atoms with E-state index in [0.29, 0.717) is 23.1 Å². The third kappa shape index (κ3) is 4.10. The highest BCUT2D eigenvalue weighted by molar-refractivity contribution is 6.22. The Hall–Kier alpha value is -4.68. The van der Waals surface area contributed by atoms with Crippen LogP contribution in [0.1, 0.15) is 47.6 Å². The average molecular weight is 528 g/mol. The Bertz CT molecular complexity index is 1600. The van der Waals surface area contributed by atoms with E-state index in [1.165, 1.54) is 13.0 Å². The molecule has 1 amide bonds. The number of benzene rings is 2. The Morgan fingerprint density at radius 3 is 2.36 bits per heavy atom. The number of nitrogens with two attached hydrogens (primary N) is 1. The molecule has 1 saturated carbocycles. The van der Waals surface area contributed by atoms with Gasteiger partial charge < -0.3 is 26.2 Å². The van der Waals surface area contributed by atoms with Crippen LogP contribution < -0.4 is 5.73 Å². The predicted molar refractivity (Wildman–Crippen MR) is 138 cm³/mol. The number of aliphatic hydroxyl groups is 3. The van der Waals surface area contributed by atoms with Crippen molar-refractivity contribution in [2.75, 3.05) is 0 Å². The number of aliphatic hydroxyl groups excluding tert-OH is 2. The van der Waals surface area contributed by atoms with Gasteiger partial charge in [0.05, 0.1) is 5.56 Å². The van der Waals surface area contributed by atoms with Crippen molar-refractivity contribution >= 4 is 29.0 Å². The molecule has 198 valence electrons. The van der Waals surface area contributed by atoms with E-state index in [-0.39, 0.29) is 41.9 Å². The average Bonchev–Trinajstić information content (AvgIpc) is 2.86. The maximum Gasteiger partial charge on any atom is 0.255 e. The highest BCUT2D eigenvalue weighted by Gasteiger charge is 2.60. The molecule has 5 rings (SSSR count). The lowest BCUT2D eigenvalue weighted by atomic mass is 9.59. The number of amides is 1. The van der Waals surface area contributed by atoms with Gasteiger partial charge in [0.15, 0.2) is 11.4 Å². The minimum atomic E-state index is -2.60. The fourth-order valence-electron chi connectivity index (χ4n) is 5.87. The van der Waals surface area contributed by atoms with Crippen LogP contribution in [0.3, 0.4) is 0 Å². The molecule has 3 aliphatic rings. The normalized spacial score (nSPS) is 23.8. The molecule has 9 heteroatoms. The van der Waals surface area contributed by atoms with Crippen molar-refractivity contribution in [1.29, 1.82) is 0 Å². The summed E-state index contributed by atoms with van der Waals surface area (Å²) >= 11 is 0. The topological polar surface area (TPSA) is 175 Å². The summed E-state index contributed by atoms with van der Waals surface area (Å²) in [5.74, 6) is -0.582. The van der Waals surface area contributed by atoms with Crippen LogP contribution in [0.2, 0.25) is 0 Å². The number of hydrogen-bond acceptors (Lipinski definition) is 8. The Kier molecular flexibility index (Phi) is 6.16. The molecule has 2 aromatic rings. The first-order valence-electron chi connectivity index (χ1n) is 12.4. The van der Waals surface area contributed by atoms with E-state index < -0.39 is 52.0 Å². The maximum absolute atomic E-state index is 13.6.